The lowest BCUT2D eigenvalue weighted by Crippen LogP contribution is -2.38. The van der Waals surface area contributed by atoms with Gasteiger partial charge in [0, 0.05) is 23.3 Å². The first-order chi connectivity index (χ1) is 11.6. The van der Waals surface area contributed by atoms with Gasteiger partial charge in [0.2, 0.25) is 11.7 Å². The molecule has 8 nitrogen and oxygen atoms in total. The average Bonchev–Trinajstić information content (AvgIpc) is 3.25. The highest BCUT2D eigenvalue weighted by Gasteiger charge is 2.26. The lowest BCUT2D eigenvalue weighted by molar-refractivity contribution is -0.389. The van der Waals surface area contributed by atoms with Gasteiger partial charge in [-0.25, -0.2) is 0 Å². The van der Waals surface area contributed by atoms with Crippen LogP contribution in [0.25, 0.3) is 4.96 Å². The number of nitro groups is 1. The van der Waals surface area contributed by atoms with Crippen molar-refractivity contribution >= 4 is 45.2 Å². The van der Waals surface area contributed by atoms with Crippen molar-refractivity contribution in [2.45, 2.75) is 13.0 Å². The minimum absolute atomic E-state index is 0.00878. The molecule has 0 atom stereocenters. The van der Waals surface area contributed by atoms with Crippen molar-refractivity contribution < 1.29 is 9.72 Å². The van der Waals surface area contributed by atoms with E-state index in [1.165, 1.54) is 26.2 Å². The highest BCUT2D eigenvalue weighted by atomic mass is 32.1. The van der Waals surface area contributed by atoms with Crippen LogP contribution in [0.1, 0.15) is 10.4 Å². The zero-order valence-corrected chi connectivity index (χ0v) is 14.1. The number of anilines is 1. The van der Waals surface area contributed by atoms with Crippen molar-refractivity contribution in [2.24, 2.45) is 0 Å². The summed E-state index contributed by atoms with van der Waals surface area (Å²) in [5, 5.41) is 17.9. The van der Waals surface area contributed by atoms with Gasteiger partial charge in [0.15, 0.2) is 0 Å². The molecule has 10 heteroatoms. The Kier molecular flexibility index (Phi) is 3.69. The second-order valence-corrected chi connectivity index (χ2v) is 7.26. The Morgan fingerprint density at radius 3 is 3.12 bits per heavy atom. The van der Waals surface area contributed by atoms with Crippen LogP contribution in [0.5, 0.6) is 0 Å². The third-order valence-electron chi connectivity index (χ3n) is 3.98. The van der Waals surface area contributed by atoms with Crippen LogP contribution in [0.3, 0.4) is 0 Å². The Balaban J connectivity index is 1.47. The molecule has 0 spiro atoms. The molecule has 24 heavy (non-hydrogen) atoms. The van der Waals surface area contributed by atoms with Crippen molar-refractivity contribution in [3.63, 3.8) is 0 Å². The number of imidazole rings is 1. The molecule has 4 rings (SSSR count). The molecule has 0 aliphatic carbocycles. The van der Waals surface area contributed by atoms with Crippen LogP contribution >= 0.6 is 22.7 Å². The summed E-state index contributed by atoms with van der Waals surface area (Å²) in [4.78, 5) is 31.0. The Labute approximate surface area is 144 Å². The summed E-state index contributed by atoms with van der Waals surface area (Å²) in [5.74, 6) is -0.0938. The predicted molar refractivity (Wildman–Crippen MR) is 91.7 cm³/mol. The molecule has 1 N–H and O–H groups in total. The summed E-state index contributed by atoms with van der Waals surface area (Å²) in [7, 11) is 0. The van der Waals surface area contributed by atoms with E-state index < -0.39 is 4.92 Å². The van der Waals surface area contributed by atoms with Gasteiger partial charge in [0.05, 0.1) is 6.54 Å². The van der Waals surface area contributed by atoms with Crippen LogP contribution in [0.4, 0.5) is 11.6 Å². The SMILES string of the molecule is O=C(CNc1nc2sccn2c1[N+](=O)[O-])N1CCc2sccc2C1. The zero-order chi connectivity index (χ0) is 16.7. The van der Waals surface area contributed by atoms with Crippen LogP contribution in [0.15, 0.2) is 23.0 Å². The average molecular weight is 363 g/mol. The van der Waals surface area contributed by atoms with Crippen LogP contribution in [-0.2, 0) is 17.8 Å². The lowest BCUT2D eigenvalue weighted by Gasteiger charge is -2.27. The van der Waals surface area contributed by atoms with Crippen molar-refractivity contribution in [1.29, 1.82) is 0 Å². The smallest absolute Gasteiger partial charge is 0.358 e. The molecule has 3 aromatic rings. The predicted octanol–water partition coefficient (Wildman–Crippen LogP) is 2.36. The minimum atomic E-state index is -0.488. The van der Waals surface area contributed by atoms with Crippen molar-refractivity contribution in [2.75, 3.05) is 18.4 Å². The molecule has 0 unspecified atom stereocenters. The maximum absolute atomic E-state index is 12.4. The van der Waals surface area contributed by atoms with Gasteiger partial charge in [-0.15, -0.1) is 11.3 Å². The molecule has 0 saturated carbocycles. The van der Waals surface area contributed by atoms with E-state index in [2.05, 4.69) is 10.3 Å². The second-order valence-electron chi connectivity index (χ2n) is 5.38. The second kappa shape index (κ2) is 5.87. The van der Waals surface area contributed by atoms with E-state index in [1.807, 2.05) is 11.4 Å². The van der Waals surface area contributed by atoms with Gasteiger partial charge in [0.25, 0.3) is 4.96 Å². The number of carbonyl (C=O) groups is 1. The molecule has 0 fully saturated rings. The van der Waals surface area contributed by atoms with Gasteiger partial charge >= 0.3 is 5.82 Å². The van der Waals surface area contributed by atoms with E-state index in [0.717, 1.165) is 6.42 Å². The summed E-state index contributed by atoms with van der Waals surface area (Å²) in [6, 6.07) is 2.04. The van der Waals surface area contributed by atoms with Crippen LogP contribution in [0, 0.1) is 10.1 Å². The summed E-state index contributed by atoms with van der Waals surface area (Å²) in [6.07, 6.45) is 2.46. The molecule has 0 saturated heterocycles. The van der Waals surface area contributed by atoms with Crippen LogP contribution < -0.4 is 5.32 Å². The Hall–Kier alpha value is -2.46. The number of thiophene rings is 1. The Morgan fingerprint density at radius 1 is 1.42 bits per heavy atom. The molecular formula is C14H13N5O3S2. The molecular weight excluding hydrogens is 350 g/mol. The molecule has 1 aliphatic rings. The van der Waals surface area contributed by atoms with Gasteiger partial charge in [-0.2, -0.15) is 9.38 Å². The van der Waals surface area contributed by atoms with E-state index >= 15 is 0 Å². The summed E-state index contributed by atoms with van der Waals surface area (Å²) < 4.78 is 1.41. The summed E-state index contributed by atoms with van der Waals surface area (Å²) in [5.41, 5.74) is 1.19. The standard InChI is InChI=1S/C14H13N5O3S2/c20-11(17-3-1-10-9(8-17)2-5-23-10)7-15-12-13(19(21)22)18-4-6-24-14(18)16-12/h2,4-6,15H,1,3,7-8H2. The van der Waals surface area contributed by atoms with E-state index in [0.29, 0.717) is 18.1 Å². The molecule has 1 aliphatic heterocycles. The number of fused-ring (bicyclic) bond motifs is 2. The number of thiazole rings is 1. The number of hydrogen-bond donors (Lipinski definition) is 1. The van der Waals surface area contributed by atoms with Crippen molar-refractivity contribution in [3.8, 4) is 0 Å². The normalized spacial score (nSPS) is 13.9. The summed E-state index contributed by atoms with van der Waals surface area (Å²) in [6.45, 7) is 1.26. The third-order valence-corrected chi connectivity index (χ3v) is 5.76. The van der Waals surface area contributed by atoms with Crippen molar-refractivity contribution in [3.05, 3.63) is 43.6 Å². The van der Waals surface area contributed by atoms with Gasteiger partial charge in [-0.05, 0) is 28.4 Å². The summed E-state index contributed by atoms with van der Waals surface area (Å²) >= 11 is 3.03. The quantitative estimate of drug-likeness (QED) is 0.567. The van der Waals surface area contributed by atoms with E-state index in [4.69, 9.17) is 0 Å². The van der Waals surface area contributed by atoms with Crippen LogP contribution in [0.2, 0.25) is 0 Å². The number of aromatic nitrogens is 2. The number of amides is 1. The maximum atomic E-state index is 12.4. The first-order valence-corrected chi connectivity index (χ1v) is 9.06. The number of nitrogens with zero attached hydrogens (tertiary/aromatic N) is 4. The highest BCUT2D eigenvalue weighted by Crippen LogP contribution is 2.28. The number of carbonyl (C=O) groups excluding carboxylic acids is 1. The first kappa shape index (κ1) is 15.1. The van der Waals surface area contributed by atoms with E-state index in [1.54, 1.807) is 27.8 Å². The zero-order valence-electron chi connectivity index (χ0n) is 12.5. The molecule has 4 heterocycles. The van der Waals surface area contributed by atoms with Gasteiger partial charge in [-0.1, -0.05) is 11.3 Å². The van der Waals surface area contributed by atoms with Crippen molar-refractivity contribution in [1.82, 2.24) is 14.3 Å². The van der Waals surface area contributed by atoms with E-state index in [-0.39, 0.29) is 24.1 Å². The molecule has 0 bridgehead atoms. The largest absolute Gasteiger partial charge is 0.372 e. The number of rotatable bonds is 4. The number of hydrogen-bond acceptors (Lipinski definition) is 7. The molecule has 3 aromatic heterocycles. The minimum Gasteiger partial charge on any atom is -0.358 e. The Bertz CT molecular complexity index is 928. The Morgan fingerprint density at radius 2 is 2.29 bits per heavy atom. The fourth-order valence-corrected chi connectivity index (χ4v) is 4.40. The lowest BCUT2D eigenvalue weighted by atomic mass is 10.1. The topological polar surface area (TPSA) is 92.8 Å². The third kappa shape index (κ3) is 2.53. The first-order valence-electron chi connectivity index (χ1n) is 7.30. The van der Waals surface area contributed by atoms with E-state index in [9.17, 15) is 14.9 Å². The molecule has 0 aromatic carbocycles. The molecule has 124 valence electrons. The van der Waals surface area contributed by atoms with Gasteiger partial charge in [-0.3, -0.25) is 4.79 Å². The van der Waals surface area contributed by atoms with Crippen LogP contribution in [-0.4, -0.2) is 38.2 Å². The molecule has 0 radical (unpaired) electrons. The monoisotopic (exact) mass is 363 g/mol. The highest BCUT2D eigenvalue weighted by molar-refractivity contribution is 7.15. The fraction of sp³-hybridized carbons (Fsp3) is 0.286. The fourth-order valence-electron chi connectivity index (χ4n) is 2.80. The van der Waals surface area contributed by atoms with Gasteiger partial charge in [0.1, 0.15) is 6.20 Å². The maximum Gasteiger partial charge on any atom is 0.372 e. The molecule has 1 amide bonds. The van der Waals surface area contributed by atoms with Gasteiger partial charge < -0.3 is 20.3 Å². The number of nitrogens with one attached hydrogen (secondary N) is 1.